The van der Waals surface area contributed by atoms with Crippen LogP contribution in [-0.4, -0.2) is 34.2 Å². The molecule has 128 valence electrons. The summed E-state index contributed by atoms with van der Waals surface area (Å²) in [7, 11) is 0.557. The molecule has 0 bridgehead atoms. The Bertz CT molecular complexity index is 584. The summed E-state index contributed by atoms with van der Waals surface area (Å²) in [6, 6.07) is 5.38. The minimum atomic E-state index is -1.21. The first-order chi connectivity index (χ1) is 10.6. The standard InChI is InChI=1S/C17H28N2O3Si/c1-17(2,3)15(22-23(5)6)10-14-16(20)19(4)12-9-11(18)7-8-13(12)21-14/h7-9,14-15,23H,10,18H2,1-6H3. The molecule has 2 atom stereocenters. The predicted octanol–water partition coefficient (Wildman–Crippen LogP) is 2.80. The highest BCUT2D eigenvalue weighted by Crippen LogP contribution is 2.37. The van der Waals surface area contributed by atoms with Crippen molar-refractivity contribution in [3.05, 3.63) is 18.2 Å². The molecule has 5 nitrogen and oxygen atoms in total. The van der Waals surface area contributed by atoms with E-state index >= 15 is 0 Å². The Kier molecular flexibility index (Phi) is 5.06. The van der Waals surface area contributed by atoms with Gasteiger partial charge in [0, 0.05) is 19.2 Å². The van der Waals surface area contributed by atoms with E-state index in [-0.39, 0.29) is 17.4 Å². The van der Waals surface area contributed by atoms with Gasteiger partial charge in [-0.2, -0.15) is 0 Å². The van der Waals surface area contributed by atoms with Crippen LogP contribution in [0.5, 0.6) is 5.75 Å². The first-order valence-corrected chi connectivity index (χ1v) is 10.9. The number of amides is 1. The van der Waals surface area contributed by atoms with Crippen molar-refractivity contribution in [3.63, 3.8) is 0 Å². The quantitative estimate of drug-likeness (QED) is 0.678. The molecule has 1 aromatic rings. The molecule has 2 unspecified atom stereocenters. The fourth-order valence-electron chi connectivity index (χ4n) is 2.72. The molecule has 2 rings (SSSR count). The number of ether oxygens (including phenoxy) is 1. The lowest BCUT2D eigenvalue weighted by Gasteiger charge is -2.38. The van der Waals surface area contributed by atoms with Gasteiger partial charge in [-0.15, -0.1) is 0 Å². The molecule has 1 heterocycles. The van der Waals surface area contributed by atoms with Crippen LogP contribution < -0.4 is 15.4 Å². The molecule has 1 aromatic carbocycles. The van der Waals surface area contributed by atoms with Crippen LogP contribution in [-0.2, 0) is 9.22 Å². The van der Waals surface area contributed by atoms with E-state index in [0.717, 1.165) is 5.69 Å². The van der Waals surface area contributed by atoms with Gasteiger partial charge >= 0.3 is 0 Å². The predicted molar refractivity (Wildman–Crippen MR) is 96.5 cm³/mol. The monoisotopic (exact) mass is 336 g/mol. The van der Waals surface area contributed by atoms with Crippen LogP contribution in [0.3, 0.4) is 0 Å². The second-order valence-corrected chi connectivity index (χ2v) is 9.88. The van der Waals surface area contributed by atoms with Crippen LogP contribution in [0.1, 0.15) is 27.2 Å². The average Bonchev–Trinajstić information content (AvgIpc) is 2.43. The van der Waals surface area contributed by atoms with Crippen molar-refractivity contribution in [2.45, 2.75) is 52.5 Å². The summed E-state index contributed by atoms with van der Waals surface area (Å²) >= 11 is 0. The molecule has 0 aliphatic carbocycles. The van der Waals surface area contributed by atoms with Gasteiger partial charge in [0.15, 0.2) is 15.1 Å². The van der Waals surface area contributed by atoms with E-state index in [0.29, 0.717) is 17.9 Å². The smallest absolute Gasteiger partial charge is 0.267 e. The molecule has 0 radical (unpaired) electrons. The Balaban J connectivity index is 2.23. The Labute approximate surface area is 140 Å². The largest absolute Gasteiger partial charge is 0.478 e. The number of nitrogens with zero attached hydrogens (tertiary/aromatic N) is 1. The average molecular weight is 337 g/mol. The van der Waals surface area contributed by atoms with Crippen molar-refractivity contribution in [3.8, 4) is 5.75 Å². The van der Waals surface area contributed by atoms with Crippen LogP contribution in [0.15, 0.2) is 18.2 Å². The summed E-state index contributed by atoms with van der Waals surface area (Å²) in [4.78, 5) is 14.3. The molecule has 0 saturated carbocycles. The lowest BCUT2D eigenvalue weighted by Crippen LogP contribution is -2.48. The molecule has 2 N–H and O–H groups in total. The van der Waals surface area contributed by atoms with Crippen molar-refractivity contribution >= 4 is 26.3 Å². The Hall–Kier alpha value is -1.53. The van der Waals surface area contributed by atoms with Gasteiger partial charge in [0.1, 0.15) is 5.75 Å². The molecule has 1 amide bonds. The number of hydrogen-bond donors (Lipinski definition) is 1. The zero-order valence-electron chi connectivity index (χ0n) is 14.9. The molecular weight excluding hydrogens is 308 g/mol. The third kappa shape index (κ3) is 4.06. The van der Waals surface area contributed by atoms with Gasteiger partial charge in [-0.05, 0) is 36.7 Å². The molecule has 0 aromatic heterocycles. The molecule has 23 heavy (non-hydrogen) atoms. The van der Waals surface area contributed by atoms with Gasteiger partial charge in [0.05, 0.1) is 11.8 Å². The molecular formula is C17H28N2O3Si. The fourth-order valence-corrected chi connectivity index (χ4v) is 3.90. The zero-order valence-corrected chi connectivity index (χ0v) is 16.1. The number of carbonyl (C=O) groups excluding carboxylic acids is 1. The van der Waals surface area contributed by atoms with Gasteiger partial charge < -0.3 is 19.8 Å². The molecule has 1 aliphatic heterocycles. The van der Waals surface area contributed by atoms with Crippen LogP contribution >= 0.6 is 0 Å². The summed E-state index contributed by atoms with van der Waals surface area (Å²) in [5.74, 6) is 0.645. The highest BCUT2D eigenvalue weighted by molar-refractivity contribution is 6.48. The van der Waals surface area contributed by atoms with E-state index in [9.17, 15) is 4.79 Å². The third-order valence-electron chi connectivity index (χ3n) is 4.05. The lowest BCUT2D eigenvalue weighted by molar-refractivity contribution is -0.128. The normalized spacial score (nSPS) is 19.5. The minimum Gasteiger partial charge on any atom is -0.478 e. The number of carbonyl (C=O) groups is 1. The molecule has 0 spiro atoms. The SMILES string of the molecule is CN1C(=O)C(CC(O[SiH](C)C)C(C)(C)C)Oc2ccc(N)cc21. The highest BCUT2D eigenvalue weighted by Gasteiger charge is 2.37. The molecule has 0 fully saturated rings. The van der Waals surface area contributed by atoms with E-state index in [1.54, 1.807) is 24.1 Å². The summed E-state index contributed by atoms with van der Waals surface area (Å²) in [6.07, 6.45) is 0.0294. The molecule has 0 saturated heterocycles. The van der Waals surface area contributed by atoms with Crippen LogP contribution in [0, 0.1) is 5.41 Å². The summed E-state index contributed by atoms with van der Waals surface area (Å²) in [5.41, 5.74) is 7.10. The third-order valence-corrected chi connectivity index (χ3v) is 4.92. The molecule has 6 heteroatoms. The van der Waals surface area contributed by atoms with E-state index in [2.05, 4.69) is 33.9 Å². The Morgan fingerprint density at radius 1 is 1.39 bits per heavy atom. The summed E-state index contributed by atoms with van der Waals surface area (Å²) in [5, 5.41) is 0. The zero-order chi connectivity index (χ0) is 17.4. The second-order valence-electron chi connectivity index (χ2n) is 7.51. The van der Waals surface area contributed by atoms with Crippen molar-refractivity contribution in [1.29, 1.82) is 0 Å². The van der Waals surface area contributed by atoms with Gasteiger partial charge in [-0.3, -0.25) is 4.79 Å². The van der Waals surface area contributed by atoms with E-state index in [4.69, 9.17) is 14.9 Å². The number of hydrogen-bond acceptors (Lipinski definition) is 4. The number of nitrogens with two attached hydrogens (primary N) is 1. The lowest BCUT2D eigenvalue weighted by atomic mass is 9.85. The first kappa shape index (κ1) is 17.8. The van der Waals surface area contributed by atoms with Crippen molar-refractivity contribution in [2.75, 3.05) is 17.7 Å². The van der Waals surface area contributed by atoms with Crippen LogP contribution in [0.25, 0.3) is 0 Å². The number of rotatable bonds is 4. The number of anilines is 2. The van der Waals surface area contributed by atoms with Crippen LogP contribution in [0.4, 0.5) is 11.4 Å². The summed E-state index contributed by atoms with van der Waals surface area (Å²) < 4.78 is 12.1. The highest BCUT2D eigenvalue weighted by atomic mass is 28.3. The second kappa shape index (κ2) is 6.53. The van der Waals surface area contributed by atoms with E-state index in [1.807, 2.05) is 6.07 Å². The maximum Gasteiger partial charge on any atom is 0.267 e. The van der Waals surface area contributed by atoms with Crippen molar-refractivity contribution in [2.24, 2.45) is 5.41 Å². The summed E-state index contributed by atoms with van der Waals surface area (Å²) in [6.45, 7) is 10.7. The number of fused-ring (bicyclic) bond motifs is 1. The number of benzene rings is 1. The van der Waals surface area contributed by atoms with Gasteiger partial charge in [-0.1, -0.05) is 20.8 Å². The molecule has 1 aliphatic rings. The van der Waals surface area contributed by atoms with E-state index in [1.165, 1.54) is 0 Å². The maximum atomic E-state index is 12.7. The minimum absolute atomic E-state index is 0.00755. The Morgan fingerprint density at radius 3 is 2.61 bits per heavy atom. The Morgan fingerprint density at radius 2 is 2.04 bits per heavy atom. The van der Waals surface area contributed by atoms with E-state index < -0.39 is 15.1 Å². The van der Waals surface area contributed by atoms with Crippen molar-refractivity contribution in [1.82, 2.24) is 0 Å². The van der Waals surface area contributed by atoms with Crippen LogP contribution in [0.2, 0.25) is 13.1 Å². The van der Waals surface area contributed by atoms with Crippen molar-refractivity contribution < 1.29 is 14.0 Å². The maximum absolute atomic E-state index is 12.7. The van der Waals surface area contributed by atoms with Gasteiger partial charge in [0.25, 0.3) is 5.91 Å². The fraction of sp³-hybridized carbons (Fsp3) is 0.588. The van der Waals surface area contributed by atoms with Gasteiger partial charge in [0.2, 0.25) is 0 Å². The number of likely N-dealkylation sites (N-methyl/N-ethyl adjacent to an activating group) is 1. The van der Waals surface area contributed by atoms with Gasteiger partial charge in [-0.25, -0.2) is 0 Å². The number of nitrogen functional groups attached to an aromatic ring is 1. The first-order valence-electron chi connectivity index (χ1n) is 8.09. The topological polar surface area (TPSA) is 64.8 Å².